The fourth-order valence-corrected chi connectivity index (χ4v) is 2.17. The Balaban J connectivity index is 1.90. The number of nitrogens with one attached hydrogen (secondary N) is 2. The minimum atomic E-state index is -0.462. The molecule has 0 aliphatic carbocycles. The van der Waals surface area contributed by atoms with Crippen LogP contribution in [0.3, 0.4) is 0 Å². The van der Waals surface area contributed by atoms with Crippen LogP contribution in [0.15, 0.2) is 18.2 Å². The maximum absolute atomic E-state index is 13.3. The van der Waals surface area contributed by atoms with Crippen molar-refractivity contribution in [1.82, 2.24) is 5.32 Å². The van der Waals surface area contributed by atoms with Crippen molar-refractivity contribution < 1.29 is 4.39 Å². The SMILES string of the molecule is N#Cc1c(F)cccc1NCC[C@@H]1CCCN1. The van der Waals surface area contributed by atoms with E-state index in [9.17, 15) is 4.39 Å². The fraction of sp³-hybridized carbons (Fsp3) is 0.462. The molecule has 17 heavy (non-hydrogen) atoms. The summed E-state index contributed by atoms with van der Waals surface area (Å²) in [5.74, 6) is -0.462. The molecule has 1 saturated heterocycles. The van der Waals surface area contributed by atoms with Crippen LogP contribution in [0.25, 0.3) is 0 Å². The molecule has 0 bridgehead atoms. The van der Waals surface area contributed by atoms with Gasteiger partial charge in [-0.05, 0) is 37.9 Å². The van der Waals surface area contributed by atoms with Crippen LogP contribution < -0.4 is 10.6 Å². The molecule has 4 heteroatoms. The molecule has 1 heterocycles. The summed E-state index contributed by atoms with van der Waals surface area (Å²) in [4.78, 5) is 0. The van der Waals surface area contributed by atoms with Crippen molar-refractivity contribution in [2.45, 2.75) is 25.3 Å². The minimum Gasteiger partial charge on any atom is -0.384 e. The van der Waals surface area contributed by atoms with Gasteiger partial charge in [0.25, 0.3) is 0 Å². The van der Waals surface area contributed by atoms with Crippen LogP contribution in [0, 0.1) is 17.1 Å². The molecule has 2 N–H and O–H groups in total. The number of anilines is 1. The molecule has 1 aliphatic rings. The molecule has 0 spiro atoms. The van der Waals surface area contributed by atoms with E-state index in [1.54, 1.807) is 12.1 Å². The highest BCUT2D eigenvalue weighted by Crippen LogP contribution is 2.18. The lowest BCUT2D eigenvalue weighted by Crippen LogP contribution is -2.24. The van der Waals surface area contributed by atoms with Crippen LogP contribution in [0.1, 0.15) is 24.8 Å². The average molecular weight is 233 g/mol. The second-order valence-corrected chi connectivity index (χ2v) is 4.28. The quantitative estimate of drug-likeness (QED) is 0.838. The van der Waals surface area contributed by atoms with E-state index in [2.05, 4.69) is 10.6 Å². The lowest BCUT2D eigenvalue weighted by molar-refractivity contribution is 0.574. The third kappa shape index (κ3) is 2.95. The normalized spacial score (nSPS) is 18.9. The molecule has 1 fully saturated rings. The molecule has 0 aromatic heterocycles. The first-order valence-electron chi connectivity index (χ1n) is 5.97. The Morgan fingerprint density at radius 2 is 2.41 bits per heavy atom. The largest absolute Gasteiger partial charge is 0.384 e. The highest BCUT2D eigenvalue weighted by atomic mass is 19.1. The van der Waals surface area contributed by atoms with Gasteiger partial charge in [0.2, 0.25) is 0 Å². The zero-order valence-corrected chi connectivity index (χ0v) is 9.67. The Bertz CT molecular complexity index is 419. The summed E-state index contributed by atoms with van der Waals surface area (Å²) in [6.07, 6.45) is 3.44. The monoisotopic (exact) mass is 233 g/mol. The fourth-order valence-electron chi connectivity index (χ4n) is 2.17. The molecule has 90 valence electrons. The van der Waals surface area contributed by atoms with E-state index < -0.39 is 5.82 Å². The Morgan fingerprint density at radius 1 is 1.53 bits per heavy atom. The third-order valence-electron chi connectivity index (χ3n) is 3.10. The van der Waals surface area contributed by atoms with Gasteiger partial charge in [0.15, 0.2) is 0 Å². The van der Waals surface area contributed by atoms with E-state index >= 15 is 0 Å². The first-order valence-corrected chi connectivity index (χ1v) is 5.97. The van der Waals surface area contributed by atoms with Crippen LogP contribution in [-0.4, -0.2) is 19.1 Å². The summed E-state index contributed by atoms with van der Waals surface area (Å²) >= 11 is 0. The van der Waals surface area contributed by atoms with Crippen molar-refractivity contribution in [3.63, 3.8) is 0 Å². The van der Waals surface area contributed by atoms with Crippen LogP contribution in [0.5, 0.6) is 0 Å². The van der Waals surface area contributed by atoms with Gasteiger partial charge >= 0.3 is 0 Å². The van der Waals surface area contributed by atoms with Gasteiger partial charge in [-0.15, -0.1) is 0 Å². The molecule has 1 aromatic carbocycles. The van der Waals surface area contributed by atoms with E-state index in [-0.39, 0.29) is 5.56 Å². The maximum atomic E-state index is 13.3. The van der Waals surface area contributed by atoms with Crippen molar-refractivity contribution >= 4 is 5.69 Å². The molecule has 1 aromatic rings. The highest BCUT2D eigenvalue weighted by molar-refractivity contribution is 5.57. The summed E-state index contributed by atoms with van der Waals surface area (Å²) in [5, 5.41) is 15.4. The predicted molar refractivity (Wildman–Crippen MR) is 65.2 cm³/mol. The molecule has 1 atom stereocenters. The average Bonchev–Trinajstić information content (AvgIpc) is 2.82. The minimum absolute atomic E-state index is 0.104. The van der Waals surface area contributed by atoms with Crippen molar-refractivity contribution in [3.8, 4) is 6.07 Å². The second-order valence-electron chi connectivity index (χ2n) is 4.28. The van der Waals surface area contributed by atoms with Crippen molar-refractivity contribution in [2.75, 3.05) is 18.4 Å². The van der Waals surface area contributed by atoms with E-state index in [0.717, 1.165) is 19.5 Å². The zero-order valence-electron chi connectivity index (χ0n) is 9.67. The first-order chi connectivity index (χ1) is 8.31. The molecular formula is C13H16FN3. The number of hydrogen-bond donors (Lipinski definition) is 2. The van der Waals surface area contributed by atoms with Gasteiger partial charge in [0.1, 0.15) is 17.4 Å². The summed E-state index contributed by atoms with van der Waals surface area (Å²) < 4.78 is 13.3. The molecule has 3 nitrogen and oxygen atoms in total. The summed E-state index contributed by atoms with van der Waals surface area (Å²) in [7, 11) is 0. The maximum Gasteiger partial charge on any atom is 0.143 e. The Morgan fingerprint density at radius 3 is 3.12 bits per heavy atom. The molecule has 0 saturated carbocycles. The van der Waals surface area contributed by atoms with Gasteiger partial charge in [-0.2, -0.15) is 5.26 Å². The lowest BCUT2D eigenvalue weighted by Gasteiger charge is -2.12. The lowest BCUT2D eigenvalue weighted by atomic mass is 10.1. The number of halogens is 1. The van der Waals surface area contributed by atoms with Crippen LogP contribution in [0.2, 0.25) is 0 Å². The van der Waals surface area contributed by atoms with Crippen LogP contribution in [-0.2, 0) is 0 Å². The molecule has 0 amide bonds. The van der Waals surface area contributed by atoms with Gasteiger partial charge in [0.05, 0.1) is 5.69 Å². The predicted octanol–water partition coefficient (Wildman–Crippen LogP) is 2.25. The van der Waals surface area contributed by atoms with Gasteiger partial charge in [-0.25, -0.2) is 4.39 Å². The number of benzene rings is 1. The standard InChI is InChI=1S/C13H16FN3/c14-12-4-1-5-13(11(12)9-15)17-8-6-10-3-2-7-16-10/h1,4-5,10,16-17H,2-3,6-8H2/t10-/m0/s1. The molecule has 1 aliphatic heterocycles. The second kappa shape index (κ2) is 5.65. The van der Waals surface area contributed by atoms with E-state index in [1.807, 2.05) is 6.07 Å². The van der Waals surface area contributed by atoms with E-state index in [0.29, 0.717) is 11.7 Å². The van der Waals surface area contributed by atoms with Crippen LogP contribution in [0.4, 0.5) is 10.1 Å². The van der Waals surface area contributed by atoms with Gasteiger partial charge in [0, 0.05) is 12.6 Å². The number of nitriles is 1. The third-order valence-corrected chi connectivity index (χ3v) is 3.10. The van der Waals surface area contributed by atoms with E-state index in [4.69, 9.17) is 5.26 Å². The van der Waals surface area contributed by atoms with Gasteiger partial charge in [-0.1, -0.05) is 6.07 Å². The molecule has 2 rings (SSSR count). The number of nitrogens with zero attached hydrogens (tertiary/aromatic N) is 1. The van der Waals surface area contributed by atoms with Crippen molar-refractivity contribution in [3.05, 3.63) is 29.6 Å². The number of hydrogen-bond acceptors (Lipinski definition) is 3. The van der Waals surface area contributed by atoms with E-state index in [1.165, 1.54) is 18.9 Å². The highest BCUT2D eigenvalue weighted by Gasteiger charge is 2.13. The zero-order chi connectivity index (χ0) is 12.1. The van der Waals surface area contributed by atoms with Crippen LogP contribution >= 0.6 is 0 Å². The summed E-state index contributed by atoms with van der Waals surface area (Å²) in [5.41, 5.74) is 0.692. The first kappa shape index (κ1) is 11.9. The van der Waals surface area contributed by atoms with Gasteiger partial charge < -0.3 is 10.6 Å². The summed E-state index contributed by atoms with van der Waals surface area (Å²) in [6, 6.07) is 7.11. The molecular weight excluding hydrogens is 217 g/mol. The molecule has 0 radical (unpaired) electrons. The van der Waals surface area contributed by atoms with Crippen molar-refractivity contribution in [1.29, 1.82) is 5.26 Å². The molecule has 0 unspecified atom stereocenters. The smallest absolute Gasteiger partial charge is 0.143 e. The topological polar surface area (TPSA) is 47.9 Å². The Hall–Kier alpha value is -1.60. The van der Waals surface area contributed by atoms with Gasteiger partial charge in [-0.3, -0.25) is 0 Å². The van der Waals surface area contributed by atoms with Crippen molar-refractivity contribution in [2.24, 2.45) is 0 Å². The Kier molecular flexibility index (Phi) is 3.94. The Labute approximate surface area is 101 Å². The number of rotatable bonds is 4. The summed E-state index contributed by atoms with van der Waals surface area (Å²) in [6.45, 7) is 1.85.